The first-order valence-electron chi connectivity index (χ1n) is 6.41. The van der Waals surface area contributed by atoms with Crippen molar-refractivity contribution in [3.05, 3.63) is 59.4 Å². The number of anilines is 1. The van der Waals surface area contributed by atoms with E-state index in [1.54, 1.807) is 7.11 Å². The minimum absolute atomic E-state index is 0.0945. The van der Waals surface area contributed by atoms with Crippen LogP contribution in [0, 0.1) is 12.7 Å². The average molecular weight is 275 g/mol. The number of ether oxygens (including phenoxy) is 1. The lowest BCUT2D eigenvalue weighted by Crippen LogP contribution is -2.15. The Hall–Kier alpha value is -2.07. The Labute approximate surface area is 118 Å². The van der Waals surface area contributed by atoms with Crippen molar-refractivity contribution in [2.45, 2.75) is 13.0 Å². The average Bonchev–Trinajstić information content (AvgIpc) is 2.44. The molecule has 2 aromatic rings. The van der Waals surface area contributed by atoms with E-state index in [1.165, 1.54) is 12.1 Å². The molecule has 0 aromatic heterocycles. The number of halogens is 1. The molecule has 0 aliphatic carbocycles. The molecule has 0 bridgehead atoms. The molecule has 0 aliphatic rings. The Morgan fingerprint density at radius 1 is 1.25 bits per heavy atom. The van der Waals surface area contributed by atoms with Crippen LogP contribution >= 0.6 is 0 Å². The largest absolute Gasteiger partial charge is 0.497 e. The van der Waals surface area contributed by atoms with Gasteiger partial charge in [-0.2, -0.15) is 0 Å². The number of aliphatic hydroxyl groups is 1. The van der Waals surface area contributed by atoms with Crippen molar-refractivity contribution < 1.29 is 14.2 Å². The number of rotatable bonds is 5. The number of hydrogen-bond donors (Lipinski definition) is 2. The third-order valence-corrected chi connectivity index (χ3v) is 3.06. The van der Waals surface area contributed by atoms with Crippen molar-refractivity contribution >= 4 is 5.69 Å². The third-order valence-electron chi connectivity index (χ3n) is 3.06. The molecule has 2 aromatic carbocycles. The van der Waals surface area contributed by atoms with E-state index < -0.39 is 0 Å². The molecular weight excluding hydrogens is 257 g/mol. The first kappa shape index (κ1) is 14.3. The zero-order chi connectivity index (χ0) is 14.5. The summed E-state index contributed by atoms with van der Waals surface area (Å²) in [6.45, 7) is 1.73. The number of hydrogen-bond acceptors (Lipinski definition) is 3. The van der Waals surface area contributed by atoms with Gasteiger partial charge >= 0.3 is 0 Å². The highest BCUT2D eigenvalue weighted by Gasteiger charge is 2.11. The second-order valence-electron chi connectivity index (χ2n) is 4.67. The highest BCUT2D eigenvalue weighted by molar-refractivity contribution is 5.48. The van der Waals surface area contributed by atoms with Crippen molar-refractivity contribution in [3.63, 3.8) is 0 Å². The van der Waals surface area contributed by atoms with Gasteiger partial charge in [-0.15, -0.1) is 0 Å². The SMILES string of the molecule is COc1cccc(C(CO)Nc2cc(C)cc(F)c2)c1. The van der Waals surface area contributed by atoms with Crippen LogP contribution in [0.4, 0.5) is 10.1 Å². The molecule has 3 nitrogen and oxygen atoms in total. The van der Waals surface area contributed by atoms with Crippen LogP contribution in [0.5, 0.6) is 5.75 Å². The maximum atomic E-state index is 13.4. The van der Waals surface area contributed by atoms with Crippen molar-refractivity contribution in [1.82, 2.24) is 0 Å². The highest BCUT2D eigenvalue weighted by atomic mass is 19.1. The fraction of sp³-hybridized carbons (Fsp3) is 0.250. The van der Waals surface area contributed by atoms with Crippen LogP contribution in [-0.2, 0) is 0 Å². The van der Waals surface area contributed by atoms with Gasteiger partial charge in [0.05, 0.1) is 19.8 Å². The molecule has 106 valence electrons. The second kappa shape index (κ2) is 6.39. The lowest BCUT2D eigenvalue weighted by Gasteiger charge is -2.19. The second-order valence-corrected chi connectivity index (χ2v) is 4.67. The molecule has 2 rings (SSSR count). The smallest absolute Gasteiger partial charge is 0.125 e. The van der Waals surface area contributed by atoms with Gasteiger partial charge in [-0.1, -0.05) is 12.1 Å². The van der Waals surface area contributed by atoms with E-state index in [-0.39, 0.29) is 18.5 Å². The molecular formula is C16H18FNO2. The van der Waals surface area contributed by atoms with Crippen LogP contribution in [0.15, 0.2) is 42.5 Å². The van der Waals surface area contributed by atoms with Crippen LogP contribution in [0.3, 0.4) is 0 Å². The zero-order valence-corrected chi connectivity index (χ0v) is 11.6. The standard InChI is InChI=1S/C16H18FNO2/c1-11-6-13(17)9-14(7-11)18-16(10-19)12-4-3-5-15(8-12)20-2/h3-9,16,18-19H,10H2,1-2H3. The van der Waals surface area contributed by atoms with E-state index in [0.29, 0.717) is 5.69 Å². The number of aryl methyl sites for hydroxylation is 1. The number of methoxy groups -OCH3 is 1. The summed E-state index contributed by atoms with van der Waals surface area (Å²) in [7, 11) is 1.59. The normalized spacial score (nSPS) is 12.0. The third kappa shape index (κ3) is 3.48. The number of aliphatic hydroxyl groups excluding tert-OH is 1. The van der Waals surface area contributed by atoms with Gasteiger partial charge in [0.2, 0.25) is 0 Å². The van der Waals surface area contributed by atoms with Gasteiger partial charge in [0, 0.05) is 5.69 Å². The van der Waals surface area contributed by atoms with Gasteiger partial charge in [-0.3, -0.25) is 0 Å². The molecule has 1 unspecified atom stereocenters. The summed E-state index contributed by atoms with van der Waals surface area (Å²) in [5, 5.41) is 12.7. The van der Waals surface area contributed by atoms with Crippen molar-refractivity contribution in [2.24, 2.45) is 0 Å². The first-order valence-corrected chi connectivity index (χ1v) is 6.41. The Kier molecular flexibility index (Phi) is 4.58. The number of benzene rings is 2. The molecule has 0 radical (unpaired) electrons. The molecule has 0 heterocycles. The van der Waals surface area contributed by atoms with E-state index >= 15 is 0 Å². The van der Waals surface area contributed by atoms with Crippen LogP contribution in [-0.4, -0.2) is 18.8 Å². The van der Waals surface area contributed by atoms with Crippen molar-refractivity contribution in [1.29, 1.82) is 0 Å². The summed E-state index contributed by atoms with van der Waals surface area (Å²) >= 11 is 0. The van der Waals surface area contributed by atoms with Gasteiger partial charge in [0.1, 0.15) is 11.6 Å². The van der Waals surface area contributed by atoms with Gasteiger partial charge in [-0.25, -0.2) is 4.39 Å². The van der Waals surface area contributed by atoms with Crippen LogP contribution < -0.4 is 10.1 Å². The Morgan fingerprint density at radius 3 is 2.70 bits per heavy atom. The Morgan fingerprint density at radius 2 is 2.05 bits per heavy atom. The van der Waals surface area contributed by atoms with Crippen LogP contribution in [0.1, 0.15) is 17.2 Å². The molecule has 20 heavy (non-hydrogen) atoms. The van der Waals surface area contributed by atoms with Gasteiger partial charge in [0.25, 0.3) is 0 Å². The predicted octanol–water partition coefficient (Wildman–Crippen LogP) is 3.29. The summed E-state index contributed by atoms with van der Waals surface area (Å²) in [5.74, 6) is 0.424. The van der Waals surface area contributed by atoms with Crippen LogP contribution in [0.25, 0.3) is 0 Å². The Balaban J connectivity index is 2.23. The van der Waals surface area contributed by atoms with E-state index in [9.17, 15) is 9.50 Å². The lowest BCUT2D eigenvalue weighted by molar-refractivity contribution is 0.276. The predicted molar refractivity (Wildman–Crippen MR) is 77.6 cm³/mol. The monoisotopic (exact) mass is 275 g/mol. The summed E-state index contributed by atoms with van der Waals surface area (Å²) < 4.78 is 18.5. The molecule has 2 N–H and O–H groups in total. The molecule has 1 atom stereocenters. The molecule has 0 amide bonds. The summed E-state index contributed by atoms with van der Waals surface area (Å²) in [6.07, 6.45) is 0. The van der Waals surface area contributed by atoms with E-state index in [1.807, 2.05) is 37.3 Å². The fourth-order valence-corrected chi connectivity index (χ4v) is 2.11. The maximum Gasteiger partial charge on any atom is 0.125 e. The Bertz CT molecular complexity index is 566. The molecule has 0 saturated heterocycles. The summed E-state index contributed by atoms with van der Waals surface area (Å²) in [6, 6.07) is 11.8. The van der Waals surface area contributed by atoms with Crippen molar-refractivity contribution in [2.75, 3.05) is 19.0 Å². The molecule has 0 saturated carbocycles. The van der Waals surface area contributed by atoms with Gasteiger partial charge in [-0.05, 0) is 48.4 Å². The minimum atomic E-state index is -0.314. The fourth-order valence-electron chi connectivity index (χ4n) is 2.11. The van der Waals surface area contributed by atoms with Crippen LogP contribution in [0.2, 0.25) is 0 Å². The molecule has 0 spiro atoms. The maximum absolute atomic E-state index is 13.4. The van der Waals surface area contributed by atoms with E-state index in [4.69, 9.17) is 4.74 Å². The van der Waals surface area contributed by atoms with Gasteiger partial charge in [0.15, 0.2) is 0 Å². The quantitative estimate of drug-likeness (QED) is 0.879. The lowest BCUT2D eigenvalue weighted by atomic mass is 10.1. The zero-order valence-electron chi connectivity index (χ0n) is 11.6. The molecule has 0 aliphatic heterocycles. The highest BCUT2D eigenvalue weighted by Crippen LogP contribution is 2.24. The topological polar surface area (TPSA) is 41.5 Å². The summed E-state index contributed by atoms with van der Waals surface area (Å²) in [4.78, 5) is 0. The van der Waals surface area contributed by atoms with E-state index in [0.717, 1.165) is 16.9 Å². The molecule has 0 fully saturated rings. The van der Waals surface area contributed by atoms with E-state index in [2.05, 4.69) is 5.32 Å². The summed E-state index contributed by atoms with van der Waals surface area (Å²) in [5.41, 5.74) is 2.35. The molecule has 4 heteroatoms. The minimum Gasteiger partial charge on any atom is -0.497 e. The van der Waals surface area contributed by atoms with Gasteiger partial charge < -0.3 is 15.2 Å². The first-order chi connectivity index (χ1) is 9.62. The van der Waals surface area contributed by atoms with Crippen molar-refractivity contribution in [3.8, 4) is 5.75 Å². The number of nitrogens with one attached hydrogen (secondary N) is 1.